The molecule has 1 atom stereocenters. The van der Waals surface area contributed by atoms with E-state index in [0.29, 0.717) is 0 Å². The van der Waals surface area contributed by atoms with E-state index in [9.17, 15) is 64.0 Å². The van der Waals surface area contributed by atoms with Crippen molar-refractivity contribution in [1.29, 1.82) is 0 Å². The van der Waals surface area contributed by atoms with Gasteiger partial charge in [-0.2, -0.15) is 0 Å². The number of nitrogens with one attached hydrogen (secondary N) is 2. The fourth-order valence-electron chi connectivity index (χ4n) is 5.65. The molecule has 0 radical (unpaired) electrons. The third kappa shape index (κ3) is 10.3. The maximum Gasteiger partial charge on any atom is 0.283 e. The second kappa shape index (κ2) is 19.1. The molecule has 57 heavy (non-hydrogen) atoms. The van der Waals surface area contributed by atoms with Crippen LogP contribution in [-0.4, -0.2) is 118 Å². The highest BCUT2D eigenvalue weighted by Gasteiger charge is 2.31. The number of hydrogen-bond acceptors (Lipinski definition) is 13. The van der Waals surface area contributed by atoms with E-state index in [4.69, 9.17) is 5.73 Å². The van der Waals surface area contributed by atoms with Crippen molar-refractivity contribution < 1.29 is 44.8 Å². The zero-order valence-corrected chi connectivity index (χ0v) is 30.1. The molecule has 0 aliphatic rings. The van der Waals surface area contributed by atoms with Gasteiger partial charge in [0.05, 0.1) is 0 Å². The molecule has 0 saturated heterocycles. The van der Waals surface area contributed by atoms with E-state index >= 15 is 0 Å². The summed E-state index contributed by atoms with van der Waals surface area (Å²) in [7, 11) is 0. The molecule has 0 aliphatic carbocycles. The minimum atomic E-state index is -1.42. The van der Waals surface area contributed by atoms with Gasteiger partial charge in [-0.3, -0.25) is 43.2 Å². The Morgan fingerprint density at radius 3 is 1.35 bits per heavy atom. The molecule has 22 nitrogen and oxygen atoms in total. The Morgan fingerprint density at radius 1 is 0.544 bits per heavy atom. The number of primary amides is 1. The van der Waals surface area contributed by atoms with Gasteiger partial charge in [-0.15, -0.1) is 18.9 Å². The van der Waals surface area contributed by atoms with Gasteiger partial charge in [-0.1, -0.05) is 24.3 Å². The van der Waals surface area contributed by atoms with Gasteiger partial charge in [-0.25, -0.2) is 0 Å². The summed E-state index contributed by atoms with van der Waals surface area (Å²) in [6.07, 6.45) is -0.215. The summed E-state index contributed by atoms with van der Waals surface area (Å²) in [4.78, 5) is 115. The van der Waals surface area contributed by atoms with E-state index in [1.807, 2.05) is 0 Å². The first-order valence-electron chi connectivity index (χ1n) is 17.2. The zero-order chi connectivity index (χ0) is 41.8. The number of nitrogens with zero attached hydrogens (tertiary/aromatic N) is 6. The molecule has 0 saturated carbocycles. The molecule has 0 spiro atoms. The molecule has 0 bridgehead atoms. The molecule has 4 heterocycles. The third-order valence-electron chi connectivity index (χ3n) is 8.53. The highest BCUT2D eigenvalue weighted by atomic mass is 16.5. The van der Waals surface area contributed by atoms with Crippen LogP contribution in [0.1, 0.15) is 67.6 Å². The normalized spacial score (nSPS) is 11.3. The van der Waals surface area contributed by atoms with Gasteiger partial charge < -0.3 is 47.0 Å². The maximum atomic E-state index is 13.8. The van der Waals surface area contributed by atoms with Crippen molar-refractivity contribution in [2.24, 2.45) is 5.73 Å². The van der Waals surface area contributed by atoms with Crippen LogP contribution in [0.5, 0.6) is 0 Å². The highest BCUT2D eigenvalue weighted by Crippen LogP contribution is 2.15. The smallest absolute Gasteiger partial charge is 0.283 e. The van der Waals surface area contributed by atoms with E-state index < -0.39 is 69.2 Å². The van der Waals surface area contributed by atoms with Crippen molar-refractivity contribution in [1.82, 2.24) is 39.4 Å². The molecular formula is C35H39N9O13. The monoisotopic (exact) mass is 793 g/mol. The van der Waals surface area contributed by atoms with Crippen LogP contribution in [0, 0.1) is 0 Å². The first-order valence-corrected chi connectivity index (χ1v) is 17.2. The lowest BCUT2D eigenvalue weighted by Crippen LogP contribution is -2.50. The molecule has 5 amide bonds. The maximum absolute atomic E-state index is 13.8. The molecule has 22 heteroatoms. The summed E-state index contributed by atoms with van der Waals surface area (Å²) in [5, 5.41) is 45.3. The number of pyridine rings is 4. The zero-order valence-electron chi connectivity index (χ0n) is 30.1. The molecule has 4 rings (SSSR count). The molecule has 1 unspecified atom stereocenters. The molecule has 0 aliphatic heterocycles. The molecule has 4 aromatic heterocycles. The first kappa shape index (κ1) is 42.1. The van der Waals surface area contributed by atoms with E-state index in [2.05, 4.69) is 10.6 Å². The third-order valence-corrected chi connectivity index (χ3v) is 8.53. The van der Waals surface area contributed by atoms with Gasteiger partial charge in [0.1, 0.15) is 28.8 Å². The number of carbonyl (C=O) groups is 5. The van der Waals surface area contributed by atoms with E-state index in [1.54, 1.807) is 0 Å². The Labute approximate surface area is 320 Å². The van der Waals surface area contributed by atoms with Crippen molar-refractivity contribution in [3.63, 3.8) is 0 Å². The molecular weight excluding hydrogens is 754 g/mol. The highest BCUT2D eigenvalue weighted by molar-refractivity contribution is 5.96. The Balaban J connectivity index is 1.51. The van der Waals surface area contributed by atoms with Crippen LogP contribution in [0.4, 0.5) is 0 Å². The van der Waals surface area contributed by atoms with Gasteiger partial charge in [-0.05, 0) is 49.9 Å². The van der Waals surface area contributed by atoms with E-state index in [-0.39, 0.29) is 88.7 Å². The standard InChI is InChI=1S/C35H39N9O13/c36-31(49)22(40(35(53)26-11-4-16-30(48)44(26)57)21-7-18-38-33(51)24-9-2-14-28(46)42(24)55)12-5-19-39(34(52)25-10-3-15-29(47)43(25)56)20-6-17-37-32(50)23-8-1-13-27(45)41(23)54/h1-4,8-11,13-16,22,54-57H,5-7,12,17-21H2,(H2,36,49)(H,37,50)(H,38,51). The van der Waals surface area contributed by atoms with Gasteiger partial charge in [0.2, 0.25) is 5.91 Å². The summed E-state index contributed by atoms with van der Waals surface area (Å²) in [5.41, 5.74) is 0.555. The SMILES string of the molecule is NC(=O)C(CCCN(CCCNC(=O)c1cccc(=O)n1O)C(=O)c1cccc(=O)n1O)N(CCCNC(=O)c1cccc(=O)n1O)C(=O)c1cccc(=O)n1O. The summed E-state index contributed by atoms with van der Waals surface area (Å²) in [6, 6.07) is 12.3. The summed E-state index contributed by atoms with van der Waals surface area (Å²) < 4.78 is 0.531. The Morgan fingerprint density at radius 2 is 0.912 bits per heavy atom. The van der Waals surface area contributed by atoms with Gasteiger partial charge in [0, 0.05) is 57.0 Å². The van der Waals surface area contributed by atoms with Crippen molar-refractivity contribution in [3.05, 3.63) is 137 Å². The summed E-state index contributed by atoms with van der Waals surface area (Å²) >= 11 is 0. The fourth-order valence-corrected chi connectivity index (χ4v) is 5.65. The topological polar surface area (TPSA) is 311 Å². The van der Waals surface area contributed by atoms with Crippen molar-refractivity contribution in [2.75, 3.05) is 32.7 Å². The molecule has 8 N–H and O–H groups in total. The van der Waals surface area contributed by atoms with E-state index in [0.717, 1.165) is 35.2 Å². The largest absolute Gasteiger partial charge is 0.425 e. The Hall–Kier alpha value is -7.65. The van der Waals surface area contributed by atoms with Crippen LogP contribution in [0.2, 0.25) is 0 Å². The number of amides is 5. The Kier molecular flexibility index (Phi) is 14.1. The summed E-state index contributed by atoms with van der Waals surface area (Å²) in [5.74, 6) is -4.47. The average Bonchev–Trinajstić information content (AvgIpc) is 3.18. The van der Waals surface area contributed by atoms with Crippen LogP contribution < -0.4 is 38.6 Å². The predicted octanol–water partition coefficient (Wildman–Crippen LogP) is -1.86. The molecule has 0 aromatic carbocycles. The minimum absolute atomic E-state index is 0.0417. The Bertz CT molecular complexity index is 2380. The lowest BCUT2D eigenvalue weighted by Gasteiger charge is -2.31. The van der Waals surface area contributed by atoms with Crippen LogP contribution in [0.25, 0.3) is 0 Å². The predicted molar refractivity (Wildman–Crippen MR) is 195 cm³/mol. The van der Waals surface area contributed by atoms with Gasteiger partial charge in [0.25, 0.3) is 45.9 Å². The van der Waals surface area contributed by atoms with E-state index in [1.165, 1.54) is 47.4 Å². The van der Waals surface area contributed by atoms with Crippen LogP contribution >= 0.6 is 0 Å². The van der Waals surface area contributed by atoms with Crippen molar-refractivity contribution in [3.8, 4) is 0 Å². The number of aromatic nitrogens is 4. The average molecular weight is 794 g/mol. The number of hydrogen-bond donors (Lipinski definition) is 7. The second-order valence-corrected chi connectivity index (χ2v) is 12.3. The number of carbonyl (C=O) groups excluding carboxylic acids is 5. The van der Waals surface area contributed by atoms with Crippen LogP contribution in [0.15, 0.2) is 92.0 Å². The molecule has 4 aromatic rings. The quantitative estimate of drug-likeness (QED) is 0.0430. The lowest BCUT2D eigenvalue weighted by molar-refractivity contribution is -0.122. The molecule has 302 valence electrons. The lowest BCUT2D eigenvalue weighted by atomic mass is 10.1. The molecule has 0 fully saturated rings. The minimum Gasteiger partial charge on any atom is -0.425 e. The number of rotatable bonds is 18. The fraction of sp³-hybridized carbons (Fsp3) is 0.286. The van der Waals surface area contributed by atoms with Crippen LogP contribution in [0.3, 0.4) is 0 Å². The van der Waals surface area contributed by atoms with Crippen molar-refractivity contribution in [2.45, 2.75) is 31.7 Å². The first-order chi connectivity index (χ1) is 27.1. The van der Waals surface area contributed by atoms with Crippen molar-refractivity contribution >= 4 is 29.5 Å². The van der Waals surface area contributed by atoms with Gasteiger partial charge >= 0.3 is 0 Å². The van der Waals surface area contributed by atoms with Crippen LogP contribution in [-0.2, 0) is 4.79 Å². The van der Waals surface area contributed by atoms with Gasteiger partial charge in [0.15, 0.2) is 0 Å². The number of nitrogens with two attached hydrogens (primary N) is 1. The second-order valence-electron chi connectivity index (χ2n) is 12.3. The summed E-state index contributed by atoms with van der Waals surface area (Å²) in [6.45, 7) is -0.783.